The summed E-state index contributed by atoms with van der Waals surface area (Å²) >= 11 is 0. The maximum absolute atomic E-state index is 12.3. The fourth-order valence-electron chi connectivity index (χ4n) is 2.63. The summed E-state index contributed by atoms with van der Waals surface area (Å²) in [5, 5.41) is 0. The molecule has 146 valence electrons. The van der Waals surface area contributed by atoms with E-state index in [4.69, 9.17) is 0 Å². The highest BCUT2D eigenvalue weighted by molar-refractivity contribution is 6.86. The first-order valence-corrected chi connectivity index (χ1v) is 16.5. The molecule has 0 aliphatic heterocycles. The maximum atomic E-state index is 12.3. The quantitative estimate of drug-likeness (QED) is 0.596. The van der Waals surface area contributed by atoms with Crippen LogP contribution in [0.15, 0.2) is 41.3 Å². The number of hydrogen-bond donors (Lipinski definition) is 1. The lowest BCUT2D eigenvalue weighted by Crippen LogP contribution is -2.24. The van der Waals surface area contributed by atoms with Gasteiger partial charge in [0.05, 0.1) is 0 Å². The van der Waals surface area contributed by atoms with Crippen LogP contribution in [0.5, 0.6) is 0 Å². The van der Waals surface area contributed by atoms with Crippen LogP contribution in [0.3, 0.4) is 0 Å². The van der Waals surface area contributed by atoms with E-state index < -0.39 is 16.1 Å². The number of aromatic amines is 1. The molecule has 0 spiro atoms. The zero-order valence-corrected chi connectivity index (χ0v) is 19.8. The van der Waals surface area contributed by atoms with Crippen molar-refractivity contribution in [2.45, 2.75) is 58.0 Å². The van der Waals surface area contributed by atoms with Crippen LogP contribution in [0.25, 0.3) is 0 Å². The zero-order valence-electron chi connectivity index (χ0n) is 17.8. The zero-order chi connectivity index (χ0) is 20.8. The second-order valence-electron chi connectivity index (χ2n) is 8.70. The summed E-state index contributed by atoms with van der Waals surface area (Å²) < 4.78 is 0. The Hall–Kier alpha value is -2.35. The molecular formula is C23H30N2OSi2. The van der Waals surface area contributed by atoms with Crippen molar-refractivity contribution >= 4 is 16.1 Å². The van der Waals surface area contributed by atoms with Crippen LogP contribution in [-0.4, -0.2) is 26.1 Å². The minimum absolute atomic E-state index is 0.0762. The van der Waals surface area contributed by atoms with Gasteiger partial charge in [0, 0.05) is 17.8 Å². The molecule has 0 radical (unpaired) electrons. The second-order valence-corrected chi connectivity index (χ2v) is 17.8. The molecule has 28 heavy (non-hydrogen) atoms. The minimum Gasteiger partial charge on any atom is -0.309 e. The van der Waals surface area contributed by atoms with Crippen LogP contribution in [0.2, 0.25) is 38.8 Å². The topological polar surface area (TPSA) is 45.8 Å². The molecule has 0 bridgehead atoms. The Morgan fingerprint density at radius 1 is 1.07 bits per heavy atom. The van der Waals surface area contributed by atoms with E-state index >= 15 is 0 Å². The Balaban J connectivity index is 2.39. The Labute approximate surface area is 171 Å². The van der Waals surface area contributed by atoms with Crippen molar-refractivity contribution in [1.29, 1.82) is 0 Å². The van der Waals surface area contributed by atoms with Gasteiger partial charge in [-0.15, -0.1) is 17.0 Å². The van der Waals surface area contributed by atoms with E-state index in [-0.39, 0.29) is 11.5 Å². The van der Waals surface area contributed by atoms with Gasteiger partial charge in [0.1, 0.15) is 27.9 Å². The van der Waals surface area contributed by atoms with Gasteiger partial charge >= 0.3 is 0 Å². The van der Waals surface area contributed by atoms with Crippen molar-refractivity contribution in [2.24, 2.45) is 0 Å². The Morgan fingerprint density at radius 2 is 1.75 bits per heavy atom. The van der Waals surface area contributed by atoms with Crippen LogP contribution in [-0.2, 0) is 6.42 Å². The smallest absolute Gasteiger partial charge is 0.254 e. The molecule has 5 heteroatoms. The molecule has 1 unspecified atom stereocenters. The molecule has 1 aromatic heterocycles. The Kier molecular flexibility index (Phi) is 7.24. The van der Waals surface area contributed by atoms with Gasteiger partial charge in [0.25, 0.3) is 5.56 Å². The van der Waals surface area contributed by atoms with Crippen molar-refractivity contribution in [2.75, 3.05) is 0 Å². The Morgan fingerprint density at radius 3 is 2.32 bits per heavy atom. The van der Waals surface area contributed by atoms with Crippen LogP contribution in [0.1, 0.15) is 29.8 Å². The summed E-state index contributed by atoms with van der Waals surface area (Å²) in [6, 6.07) is 10.9. The van der Waals surface area contributed by atoms with Gasteiger partial charge in [0.2, 0.25) is 0 Å². The molecule has 0 aliphatic carbocycles. The van der Waals surface area contributed by atoms with E-state index in [0.717, 1.165) is 11.6 Å². The first-order valence-electron chi connectivity index (χ1n) is 9.77. The summed E-state index contributed by atoms with van der Waals surface area (Å²) in [6.07, 6.45) is 2.34. The van der Waals surface area contributed by atoms with Crippen LogP contribution < -0.4 is 5.56 Å². The molecule has 2 rings (SSSR count). The molecule has 0 fully saturated rings. The number of benzene rings is 1. The van der Waals surface area contributed by atoms with Gasteiger partial charge in [-0.05, 0) is 12.0 Å². The average Bonchev–Trinajstić information content (AvgIpc) is 2.61. The van der Waals surface area contributed by atoms with Crippen LogP contribution >= 0.6 is 0 Å². The third-order valence-electron chi connectivity index (χ3n) is 4.23. The maximum Gasteiger partial charge on any atom is 0.254 e. The highest BCUT2D eigenvalue weighted by Gasteiger charge is 2.20. The van der Waals surface area contributed by atoms with Crippen LogP contribution in [0.4, 0.5) is 0 Å². The van der Waals surface area contributed by atoms with E-state index in [2.05, 4.69) is 65.6 Å². The summed E-state index contributed by atoms with van der Waals surface area (Å²) in [6.45, 7) is 13.2. The summed E-state index contributed by atoms with van der Waals surface area (Å²) in [4.78, 5) is 19.8. The second kappa shape index (κ2) is 9.23. The summed E-state index contributed by atoms with van der Waals surface area (Å²) in [7, 11) is -3.15. The predicted octanol–water partition coefficient (Wildman–Crippen LogP) is 4.60. The number of aromatic nitrogens is 2. The fourth-order valence-corrected chi connectivity index (χ4v) is 4.58. The number of rotatable bonds is 4. The van der Waals surface area contributed by atoms with Crippen molar-refractivity contribution in [1.82, 2.24) is 9.97 Å². The lowest BCUT2D eigenvalue weighted by atomic mass is 9.99. The molecule has 0 amide bonds. The van der Waals surface area contributed by atoms with Gasteiger partial charge in [-0.25, -0.2) is 4.98 Å². The molecule has 3 nitrogen and oxygen atoms in total. The largest absolute Gasteiger partial charge is 0.309 e. The number of hydrogen-bond acceptors (Lipinski definition) is 2. The number of nitrogens with zero attached hydrogens (tertiary/aromatic N) is 1. The highest BCUT2D eigenvalue weighted by Crippen LogP contribution is 2.21. The SMILES string of the molecule is CCc1cnc(C(C#C[Si](C)(C)CC#C[Si](C)(C)C)c2ccccc2)[nH]c1=O. The van der Waals surface area contributed by atoms with Crippen molar-refractivity contribution < 1.29 is 0 Å². The average molecular weight is 407 g/mol. The molecule has 1 N–H and O–H groups in total. The van der Waals surface area contributed by atoms with E-state index in [9.17, 15) is 4.79 Å². The monoisotopic (exact) mass is 406 g/mol. The van der Waals surface area contributed by atoms with E-state index in [0.29, 0.717) is 17.8 Å². The summed E-state index contributed by atoms with van der Waals surface area (Å²) in [5.41, 5.74) is 8.64. The van der Waals surface area contributed by atoms with Gasteiger partial charge in [-0.3, -0.25) is 4.79 Å². The third kappa shape index (κ3) is 6.67. The van der Waals surface area contributed by atoms with Crippen molar-refractivity contribution in [3.63, 3.8) is 0 Å². The van der Waals surface area contributed by atoms with Gasteiger partial charge < -0.3 is 4.98 Å². The molecule has 1 atom stereocenters. The lowest BCUT2D eigenvalue weighted by molar-refractivity contribution is 0.862. The van der Waals surface area contributed by atoms with E-state index in [1.165, 1.54) is 0 Å². The number of H-pyrrole nitrogens is 1. The van der Waals surface area contributed by atoms with Crippen LogP contribution in [0, 0.1) is 22.9 Å². The molecule has 1 heterocycles. The predicted molar refractivity (Wildman–Crippen MR) is 124 cm³/mol. The van der Waals surface area contributed by atoms with Crippen molar-refractivity contribution in [3.05, 3.63) is 63.8 Å². The Bertz CT molecular complexity index is 981. The third-order valence-corrected chi connectivity index (χ3v) is 7.04. The van der Waals surface area contributed by atoms with Gasteiger partial charge in [-0.2, -0.15) is 0 Å². The number of nitrogens with one attached hydrogen (secondary N) is 1. The molecular weight excluding hydrogens is 376 g/mol. The lowest BCUT2D eigenvalue weighted by Gasteiger charge is -2.14. The minimum atomic E-state index is -1.80. The van der Waals surface area contributed by atoms with E-state index in [1.807, 2.05) is 37.3 Å². The standard InChI is InChI=1S/C23H30N2OSi2/c1-7-19-18-24-22(25-23(19)26)21(20-12-9-8-10-13-20)14-17-28(5,6)16-11-15-27(2,3)4/h8-10,12-13,18,21H,7,16H2,1-6H3,(H,24,25,26). The first-order chi connectivity index (χ1) is 13.1. The number of aryl methyl sites for hydroxylation is 1. The highest BCUT2D eigenvalue weighted by atomic mass is 28.3. The molecule has 0 saturated carbocycles. The van der Waals surface area contributed by atoms with Crippen molar-refractivity contribution in [3.8, 4) is 22.9 Å². The normalized spacial score (nSPS) is 12.4. The molecule has 1 aromatic carbocycles. The fraction of sp³-hybridized carbons (Fsp3) is 0.391. The molecule has 0 aliphatic rings. The summed E-state index contributed by atoms with van der Waals surface area (Å²) in [5.74, 6) is 7.19. The van der Waals surface area contributed by atoms with E-state index in [1.54, 1.807) is 6.20 Å². The molecule has 2 aromatic rings. The van der Waals surface area contributed by atoms with Gasteiger partial charge in [-0.1, -0.05) is 75.9 Å². The first kappa shape index (κ1) is 21.9. The molecule has 0 saturated heterocycles. The van der Waals surface area contributed by atoms with Gasteiger partial charge in [0.15, 0.2) is 0 Å².